The minimum absolute atomic E-state index is 0.168. The first kappa shape index (κ1) is 20.3. The molecule has 0 amide bonds. The van der Waals surface area contributed by atoms with E-state index in [1.165, 1.54) is 24.3 Å². The Hall–Kier alpha value is -3.02. The normalized spacial score (nSPS) is 16.7. The third-order valence-corrected chi connectivity index (χ3v) is 4.11. The summed E-state index contributed by atoms with van der Waals surface area (Å²) in [5, 5.41) is 0. The lowest BCUT2D eigenvalue weighted by molar-refractivity contribution is -0.135. The van der Waals surface area contributed by atoms with Crippen molar-refractivity contribution in [1.82, 2.24) is 0 Å². The van der Waals surface area contributed by atoms with Crippen LogP contribution in [-0.4, -0.2) is 40.1 Å². The van der Waals surface area contributed by atoms with Gasteiger partial charge in [-0.3, -0.25) is 0 Å². The number of ether oxygens (including phenoxy) is 3. The molecule has 1 aliphatic heterocycles. The predicted octanol–water partition coefficient (Wildman–Crippen LogP) is 1.85. The summed E-state index contributed by atoms with van der Waals surface area (Å²) < 4.78 is 78.0. The van der Waals surface area contributed by atoms with Crippen LogP contribution in [0.4, 0.5) is 13.2 Å². The average molecular weight is 408 g/mol. The van der Waals surface area contributed by atoms with Gasteiger partial charge in [0.1, 0.15) is 5.57 Å². The second-order valence-corrected chi connectivity index (χ2v) is 6.33. The highest BCUT2D eigenvalue weighted by Gasteiger charge is 2.52. The molecule has 12 heteroatoms. The van der Waals surface area contributed by atoms with E-state index >= 15 is 0 Å². The van der Waals surface area contributed by atoms with Crippen molar-refractivity contribution in [3.8, 4) is 0 Å². The van der Waals surface area contributed by atoms with Crippen molar-refractivity contribution < 1.29 is 49.6 Å². The molecule has 8 nitrogen and oxygen atoms in total. The lowest BCUT2D eigenvalue weighted by Crippen LogP contribution is -2.26. The minimum atomic E-state index is -6.17. The number of carbonyl (C=O) groups is 2. The van der Waals surface area contributed by atoms with Gasteiger partial charge < -0.3 is 18.4 Å². The van der Waals surface area contributed by atoms with Crippen LogP contribution in [0, 0.1) is 0 Å². The number of cyclic esters (lactones) is 1. The lowest BCUT2D eigenvalue weighted by Gasteiger charge is -2.11. The van der Waals surface area contributed by atoms with Crippen molar-refractivity contribution >= 4 is 27.6 Å². The number of benzene rings is 1. The van der Waals surface area contributed by atoms with Crippen molar-refractivity contribution in [2.45, 2.75) is 5.51 Å². The van der Waals surface area contributed by atoms with Crippen LogP contribution in [0.3, 0.4) is 0 Å². The smallest absolute Gasteiger partial charge is 0.489 e. The second-order valence-electron chi connectivity index (χ2n) is 4.80. The fourth-order valence-electron chi connectivity index (χ4n) is 2.01. The number of rotatable bonds is 5. The Labute approximate surface area is 150 Å². The standard InChI is InChI=1S/C15H11F3O8S/c1-23-11-10(9(13(19)24-2)8-6-4-3-5-7-8)25-14(20)12(11)26-27(21,22)15(16,17)18/h3-7H,1-2H3/b10-9+. The van der Waals surface area contributed by atoms with Gasteiger partial charge in [-0.1, -0.05) is 30.3 Å². The van der Waals surface area contributed by atoms with Gasteiger partial charge in [0, 0.05) is 0 Å². The van der Waals surface area contributed by atoms with Crippen LogP contribution in [0.15, 0.2) is 47.6 Å². The largest absolute Gasteiger partial charge is 0.534 e. The number of halogens is 3. The highest BCUT2D eigenvalue weighted by Crippen LogP contribution is 2.37. The van der Waals surface area contributed by atoms with E-state index in [-0.39, 0.29) is 11.1 Å². The molecule has 0 aliphatic carbocycles. The van der Waals surface area contributed by atoms with E-state index in [0.717, 1.165) is 14.2 Å². The fraction of sp³-hybridized carbons (Fsp3) is 0.200. The number of methoxy groups -OCH3 is 2. The van der Waals surface area contributed by atoms with Crippen LogP contribution < -0.4 is 0 Å². The molecule has 27 heavy (non-hydrogen) atoms. The van der Waals surface area contributed by atoms with Gasteiger partial charge in [-0.25, -0.2) is 9.59 Å². The van der Waals surface area contributed by atoms with Crippen molar-refractivity contribution in [1.29, 1.82) is 0 Å². The monoisotopic (exact) mass is 408 g/mol. The average Bonchev–Trinajstić information content (AvgIpc) is 2.89. The second kappa shape index (κ2) is 7.31. The molecule has 0 atom stereocenters. The quantitative estimate of drug-likeness (QED) is 0.315. The first-order chi connectivity index (χ1) is 12.5. The first-order valence-corrected chi connectivity index (χ1v) is 8.34. The Bertz CT molecular complexity index is 930. The van der Waals surface area contributed by atoms with Crippen LogP contribution in [0.5, 0.6) is 0 Å². The van der Waals surface area contributed by atoms with Gasteiger partial charge in [-0.05, 0) is 5.56 Å². The fourth-order valence-corrected chi connectivity index (χ4v) is 2.47. The first-order valence-electron chi connectivity index (χ1n) is 6.93. The molecule has 146 valence electrons. The lowest BCUT2D eigenvalue weighted by atomic mass is 10.0. The summed E-state index contributed by atoms with van der Waals surface area (Å²) in [6.45, 7) is 0. The Balaban J connectivity index is 2.69. The van der Waals surface area contributed by atoms with Crippen molar-refractivity contribution in [2.24, 2.45) is 0 Å². The minimum Gasteiger partial charge on any atom is -0.489 e. The molecular weight excluding hydrogens is 397 g/mol. The zero-order valence-electron chi connectivity index (χ0n) is 13.7. The van der Waals surface area contributed by atoms with Gasteiger partial charge in [-0.15, -0.1) is 0 Å². The van der Waals surface area contributed by atoms with Crippen molar-refractivity contribution in [3.63, 3.8) is 0 Å². The van der Waals surface area contributed by atoms with Crippen LogP contribution in [0.1, 0.15) is 5.56 Å². The van der Waals surface area contributed by atoms with Crippen LogP contribution in [-0.2, 0) is 38.1 Å². The number of carbonyl (C=O) groups excluding carboxylic acids is 2. The van der Waals surface area contributed by atoms with Crippen molar-refractivity contribution in [2.75, 3.05) is 14.2 Å². The van der Waals surface area contributed by atoms with E-state index in [1.54, 1.807) is 6.07 Å². The molecule has 0 fully saturated rings. The van der Waals surface area contributed by atoms with E-state index in [9.17, 15) is 31.2 Å². The molecule has 0 aromatic heterocycles. The summed E-state index contributed by atoms with van der Waals surface area (Å²) >= 11 is 0. The Morgan fingerprint density at radius 2 is 1.67 bits per heavy atom. The van der Waals surface area contributed by atoms with E-state index in [4.69, 9.17) is 9.47 Å². The van der Waals surface area contributed by atoms with Crippen LogP contribution >= 0.6 is 0 Å². The number of alkyl halides is 3. The Morgan fingerprint density at radius 1 is 1.07 bits per heavy atom. The third kappa shape index (κ3) is 3.89. The van der Waals surface area contributed by atoms with Crippen molar-refractivity contribution in [3.05, 3.63) is 53.2 Å². The maximum atomic E-state index is 12.5. The molecule has 0 unspecified atom stereocenters. The van der Waals surface area contributed by atoms with E-state index in [0.29, 0.717) is 0 Å². The molecule has 1 aromatic rings. The molecule has 0 N–H and O–H groups in total. The zero-order valence-corrected chi connectivity index (χ0v) is 14.5. The number of hydrogen-bond donors (Lipinski definition) is 0. The summed E-state index contributed by atoms with van der Waals surface area (Å²) in [5.74, 6) is -5.43. The summed E-state index contributed by atoms with van der Waals surface area (Å²) in [5.41, 5.74) is -6.01. The highest BCUT2D eigenvalue weighted by molar-refractivity contribution is 7.87. The van der Waals surface area contributed by atoms with Crippen LogP contribution in [0.25, 0.3) is 5.57 Å². The molecule has 1 aromatic carbocycles. The molecular formula is C15H11F3O8S. The van der Waals surface area contributed by atoms with Gasteiger partial charge >= 0.3 is 27.6 Å². The highest BCUT2D eigenvalue weighted by atomic mass is 32.2. The van der Waals surface area contributed by atoms with Gasteiger partial charge in [0.15, 0.2) is 5.76 Å². The van der Waals surface area contributed by atoms with Gasteiger partial charge in [-0.2, -0.15) is 21.6 Å². The Morgan fingerprint density at radius 3 is 2.15 bits per heavy atom. The summed E-state index contributed by atoms with van der Waals surface area (Å²) in [6.07, 6.45) is 0. The summed E-state index contributed by atoms with van der Waals surface area (Å²) in [4.78, 5) is 24.0. The topological polar surface area (TPSA) is 105 Å². The molecule has 2 rings (SSSR count). The molecule has 0 radical (unpaired) electrons. The van der Waals surface area contributed by atoms with E-state index in [1.807, 2.05) is 0 Å². The Kier molecular flexibility index (Phi) is 5.49. The maximum Gasteiger partial charge on any atom is 0.534 e. The SMILES string of the molecule is COC(=O)/C(=C1/OC(=O)C(OS(=O)(=O)C(F)(F)F)=C1OC)c1ccccc1. The molecule has 0 bridgehead atoms. The number of hydrogen-bond acceptors (Lipinski definition) is 8. The molecule has 0 saturated heterocycles. The zero-order chi connectivity index (χ0) is 20.4. The maximum absolute atomic E-state index is 12.5. The molecule has 0 saturated carbocycles. The van der Waals surface area contributed by atoms with Gasteiger partial charge in [0.2, 0.25) is 5.76 Å². The van der Waals surface area contributed by atoms with Gasteiger partial charge in [0.05, 0.1) is 14.2 Å². The molecule has 1 heterocycles. The predicted molar refractivity (Wildman–Crippen MR) is 81.6 cm³/mol. The molecule has 1 aliphatic rings. The van der Waals surface area contributed by atoms with E-state index in [2.05, 4.69) is 8.92 Å². The number of esters is 2. The van der Waals surface area contributed by atoms with E-state index < -0.39 is 44.8 Å². The summed E-state index contributed by atoms with van der Waals surface area (Å²) in [6, 6.07) is 7.51. The van der Waals surface area contributed by atoms with Gasteiger partial charge in [0.25, 0.3) is 5.76 Å². The molecule has 0 spiro atoms. The summed E-state index contributed by atoms with van der Waals surface area (Å²) in [7, 11) is -4.24. The third-order valence-electron chi connectivity index (χ3n) is 3.15. The van der Waals surface area contributed by atoms with Crippen LogP contribution in [0.2, 0.25) is 0 Å².